The number of hydrogen-bond acceptors (Lipinski definition) is 1. The summed E-state index contributed by atoms with van der Waals surface area (Å²) in [5, 5.41) is 12.8. The van der Waals surface area contributed by atoms with Crippen molar-refractivity contribution >= 4 is 64.9 Å². The molecule has 0 saturated carbocycles. The van der Waals surface area contributed by atoms with E-state index in [9.17, 15) is 0 Å². The van der Waals surface area contributed by atoms with E-state index >= 15 is 0 Å². The molecule has 1 aromatic heterocycles. The summed E-state index contributed by atoms with van der Waals surface area (Å²) in [6.07, 6.45) is 0. The molecule has 0 aliphatic carbocycles. The third-order valence-corrected chi connectivity index (χ3v) is 12.0. The van der Waals surface area contributed by atoms with Crippen LogP contribution in [0.4, 0.5) is 0 Å². The molecule has 0 bridgehead atoms. The summed E-state index contributed by atoms with van der Waals surface area (Å²) in [6, 6.07) is 75.1. The monoisotopic (exact) mass is 722 g/mol. The minimum Gasteiger partial charge on any atom is -0.292 e. The van der Waals surface area contributed by atoms with Crippen LogP contribution >= 0.6 is 0 Å². The van der Waals surface area contributed by atoms with E-state index in [4.69, 9.17) is 4.98 Å². The van der Waals surface area contributed by atoms with E-state index in [1.54, 1.807) is 0 Å². The number of benzene rings is 11. The zero-order valence-electron chi connectivity index (χ0n) is 31.0. The summed E-state index contributed by atoms with van der Waals surface area (Å²) in [7, 11) is 0. The number of nitrogens with zero attached hydrogens (tertiary/aromatic N) is 2. The molecular formula is C55H34N2. The Morgan fingerprint density at radius 2 is 0.825 bits per heavy atom. The van der Waals surface area contributed by atoms with Gasteiger partial charge in [-0.3, -0.25) is 4.57 Å². The Kier molecular flexibility index (Phi) is 6.96. The van der Waals surface area contributed by atoms with Crippen molar-refractivity contribution in [2.75, 3.05) is 0 Å². The Balaban J connectivity index is 0.977. The molecule has 0 spiro atoms. The Morgan fingerprint density at radius 1 is 0.316 bits per heavy atom. The van der Waals surface area contributed by atoms with Crippen molar-refractivity contribution in [1.29, 1.82) is 0 Å². The average molecular weight is 723 g/mol. The molecule has 11 aromatic carbocycles. The van der Waals surface area contributed by atoms with Gasteiger partial charge in [-0.1, -0.05) is 182 Å². The van der Waals surface area contributed by atoms with Crippen LogP contribution in [-0.4, -0.2) is 9.55 Å². The third kappa shape index (κ3) is 4.87. The van der Waals surface area contributed by atoms with Crippen LogP contribution in [0, 0.1) is 0 Å². The van der Waals surface area contributed by atoms with Gasteiger partial charge in [0.25, 0.3) is 0 Å². The maximum absolute atomic E-state index is 5.23. The highest BCUT2D eigenvalue weighted by atomic mass is 15.1. The van der Waals surface area contributed by atoms with Crippen LogP contribution in [0.2, 0.25) is 0 Å². The number of hydrogen-bond donors (Lipinski definition) is 0. The summed E-state index contributed by atoms with van der Waals surface area (Å²) in [4.78, 5) is 5.23. The predicted molar refractivity (Wildman–Crippen MR) is 242 cm³/mol. The molecule has 0 saturated heterocycles. The van der Waals surface area contributed by atoms with E-state index in [0.29, 0.717) is 0 Å². The molecule has 0 N–H and O–H groups in total. The summed E-state index contributed by atoms with van der Waals surface area (Å²) in [6.45, 7) is 0. The molecule has 0 aliphatic rings. The van der Waals surface area contributed by atoms with E-state index in [1.807, 2.05) is 0 Å². The van der Waals surface area contributed by atoms with Gasteiger partial charge in [0.05, 0.1) is 11.0 Å². The highest BCUT2D eigenvalue weighted by molar-refractivity contribution is 6.25. The van der Waals surface area contributed by atoms with Crippen molar-refractivity contribution in [2.45, 2.75) is 0 Å². The zero-order valence-corrected chi connectivity index (χ0v) is 31.0. The first-order chi connectivity index (χ1) is 28.3. The summed E-state index contributed by atoms with van der Waals surface area (Å²) < 4.78 is 2.30. The minimum absolute atomic E-state index is 0.925. The highest BCUT2D eigenvalue weighted by Gasteiger charge is 2.19. The normalized spacial score (nSPS) is 11.9. The predicted octanol–water partition coefficient (Wildman–Crippen LogP) is 14.9. The van der Waals surface area contributed by atoms with E-state index in [-0.39, 0.29) is 0 Å². The van der Waals surface area contributed by atoms with Crippen LogP contribution < -0.4 is 0 Å². The fourth-order valence-corrected chi connectivity index (χ4v) is 9.40. The fraction of sp³-hybridized carbons (Fsp3) is 0. The largest absolute Gasteiger partial charge is 0.292 e. The van der Waals surface area contributed by atoms with E-state index in [2.05, 4.69) is 211 Å². The van der Waals surface area contributed by atoms with Gasteiger partial charge in [-0.2, -0.15) is 0 Å². The first-order valence-corrected chi connectivity index (χ1v) is 19.6. The van der Waals surface area contributed by atoms with Crippen LogP contribution in [-0.2, 0) is 0 Å². The van der Waals surface area contributed by atoms with Gasteiger partial charge in [-0.05, 0) is 112 Å². The molecule has 0 radical (unpaired) electrons. The maximum atomic E-state index is 5.23. The van der Waals surface area contributed by atoms with Crippen molar-refractivity contribution in [2.24, 2.45) is 0 Å². The molecule has 57 heavy (non-hydrogen) atoms. The summed E-state index contributed by atoms with van der Waals surface area (Å²) >= 11 is 0. The standard InChI is InChI=1S/C55H34N2/c1-2-11-36(12-3-1)52-44-15-4-6-17-46(44)53(47-18-7-5-16-45(47)52)39-27-31-42(32-28-39)57-50-20-9-8-19-49(50)56-55(57)41-25-21-35(22-26-41)43-33-29-40-24-23-37-13-10-14-38-30-34-48(43)54(40)51(37)38/h1-34H. The molecule has 2 nitrogen and oxygen atoms in total. The molecule has 0 fully saturated rings. The van der Waals surface area contributed by atoms with Crippen LogP contribution in [0.5, 0.6) is 0 Å². The van der Waals surface area contributed by atoms with Gasteiger partial charge in [-0.25, -0.2) is 4.98 Å². The second kappa shape index (κ2) is 12.5. The van der Waals surface area contributed by atoms with Crippen molar-refractivity contribution in [3.05, 3.63) is 206 Å². The zero-order chi connectivity index (χ0) is 37.5. The van der Waals surface area contributed by atoms with Crippen molar-refractivity contribution < 1.29 is 0 Å². The quantitative estimate of drug-likeness (QED) is 0.128. The molecule has 1 heterocycles. The van der Waals surface area contributed by atoms with Crippen LogP contribution in [0.1, 0.15) is 0 Å². The van der Waals surface area contributed by atoms with Gasteiger partial charge in [0.2, 0.25) is 0 Å². The van der Waals surface area contributed by atoms with Crippen LogP contribution in [0.15, 0.2) is 206 Å². The smallest absolute Gasteiger partial charge is 0.145 e. The SMILES string of the molecule is c1ccc(-c2c3ccccc3c(-c3ccc(-n4c(-c5ccc(-c6ccc7ccc8cccc9ccc6c7c89)cc5)nc5ccccc54)cc3)c3ccccc23)cc1. The van der Waals surface area contributed by atoms with E-state index in [0.717, 1.165) is 28.1 Å². The lowest BCUT2D eigenvalue weighted by molar-refractivity contribution is 1.10. The van der Waals surface area contributed by atoms with E-state index in [1.165, 1.54) is 87.2 Å². The number of para-hydroxylation sites is 2. The number of fused-ring (bicyclic) bond motifs is 3. The number of rotatable bonds is 5. The molecule has 12 aromatic rings. The minimum atomic E-state index is 0.925. The van der Waals surface area contributed by atoms with Crippen LogP contribution in [0.3, 0.4) is 0 Å². The molecular weight excluding hydrogens is 689 g/mol. The number of aromatic nitrogens is 2. The lowest BCUT2D eigenvalue weighted by Gasteiger charge is -2.18. The van der Waals surface area contributed by atoms with Crippen LogP contribution in [0.25, 0.3) is 115 Å². The second-order valence-electron chi connectivity index (χ2n) is 15.1. The van der Waals surface area contributed by atoms with Gasteiger partial charge < -0.3 is 0 Å². The topological polar surface area (TPSA) is 17.8 Å². The average Bonchev–Trinajstić information content (AvgIpc) is 3.67. The lowest BCUT2D eigenvalue weighted by Crippen LogP contribution is -1.98. The molecule has 2 heteroatoms. The van der Waals surface area contributed by atoms with Crippen molar-refractivity contribution in [3.8, 4) is 50.5 Å². The molecule has 12 rings (SSSR count). The third-order valence-electron chi connectivity index (χ3n) is 12.0. The Morgan fingerprint density at radius 3 is 1.49 bits per heavy atom. The lowest BCUT2D eigenvalue weighted by atomic mass is 9.86. The number of imidazole rings is 1. The summed E-state index contributed by atoms with van der Waals surface area (Å²) in [5.74, 6) is 0.925. The first-order valence-electron chi connectivity index (χ1n) is 19.6. The van der Waals surface area contributed by atoms with E-state index < -0.39 is 0 Å². The molecule has 0 atom stereocenters. The summed E-state index contributed by atoms with van der Waals surface area (Å²) in [5.41, 5.74) is 11.6. The van der Waals surface area contributed by atoms with Gasteiger partial charge in [0, 0.05) is 11.3 Å². The fourth-order valence-electron chi connectivity index (χ4n) is 9.40. The van der Waals surface area contributed by atoms with Crippen molar-refractivity contribution in [1.82, 2.24) is 9.55 Å². The highest BCUT2D eigenvalue weighted by Crippen LogP contribution is 2.44. The molecule has 264 valence electrons. The van der Waals surface area contributed by atoms with Gasteiger partial charge in [0.1, 0.15) is 5.82 Å². The van der Waals surface area contributed by atoms with Gasteiger partial charge in [-0.15, -0.1) is 0 Å². The van der Waals surface area contributed by atoms with Crippen molar-refractivity contribution in [3.63, 3.8) is 0 Å². The molecule has 0 aliphatic heterocycles. The second-order valence-corrected chi connectivity index (χ2v) is 15.1. The van der Waals surface area contributed by atoms with Gasteiger partial charge >= 0.3 is 0 Å². The Bertz CT molecular complexity index is 3410. The Hall–Kier alpha value is -7.55. The van der Waals surface area contributed by atoms with Gasteiger partial charge in [0.15, 0.2) is 0 Å². The first kappa shape index (κ1) is 31.8. The molecule has 0 unspecified atom stereocenters. The maximum Gasteiger partial charge on any atom is 0.145 e. The molecule has 0 amide bonds. The Labute approximate surface area is 329 Å².